The van der Waals surface area contributed by atoms with E-state index in [1.165, 1.54) is 28.3 Å². The largest absolute Gasteiger partial charge is 0.118 e. The van der Waals surface area contributed by atoms with E-state index in [1.807, 2.05) is 0 Å². The van der Waals surface area contributed by atoms with Gasteiger partial charge >= 0.3 is 0 Å². The van der Waals surface area contributed by atoms with Crippen LogP contribution in [0.25, 0.3) is 10.8 Å². The molecule has 1 aliphatic carbocycles. The second-order valence-electron chi connectivity index (χ2n) is 5.32. The molecule has 18 heavy (non-hydrogen) atoms. The van der Waals surface area contributed by atoms with Crippen LogP contribution in [-0.4, -0.2) is 0 Å². The van der Waals surface area contributed by atoms with Gasteiger partial charge in [0.1, 0.15) is 0 Å². The molecule has 2 heteroatoms. The Hall–Kier alpha value is -0.530. The highest BCUT2D eigenvalue weighted by Crippen LogP contribution is 2.41. The number of rotatable bonds is 0. The maximum Gasteiger partial charge on any atom is 0.0591 e. The van der Waals surface area contributed by atoms with E-state index < -0.39 is 0 Å². The summed E-state index contributed by atoms with van der Waals surface area (Å²) in [5.74, 6) is 0.706. The Labute approximate surface area is 121 Å². The van der Waals surface area contributed by atoms with Crippen LogP contribution in [0.15, 0.2) is 34.8 Å². The molecule has 0 spiro atoms. The molecular formula is C16H16BrCl. The molecule has 94 valence electrons. The molecule has 0 saturated heterocycles. The first-order chi connectivity index (χ1) is 8.66. The molecule has 0 saturated carbocycles. The molecule has 1 aliphatic rings. The van der Waals surface area contributed by atoms with Gasteiger partial charge < -0.3 is 0 Å². The third-order valence-electron chi connectivity index (χ3n) is 3.97. The second-order valence-corrected chi connectivity index (χ2v) is 6.70. The van der Waals surface area contributed by atoms with E-state index in [9.17, 15) is 0 Å². The van der Waals surface area contributed by atoms with Gasteiger partial charge in [-0.25, -0.2) is 0 Å². The number of hydrogen-bond donors (Lipinski definition) is 0. The molecule has 0 radical (unpaired) electrons. The Morgan fingerprint density at radius 1 is 1.22 bits per heavy atom. The molecule has 0 N–H and O–H groups in total. The molecule has 0 nitrogen and oxygen atoms in total. The summed E-state index contributed by atoms with van der Waals surface area (Å²) >= 11 is 10.3. The number of hydrogen-bond acceptors (Lipinski definition) is 0. The van der Waals surface area contributed by atoms with E-state index in [0.29, 0.717) is 5.92 Å². The average Bonchev–Trinajstić information content (AvgIpc) is 2.50. The predicted molar refractivity (Wildman–Crippen MR) is 82.3 cm³/mol. The van der Waals surface area contributed by atoms with E-state index in [4.69, 9.17) is 11.6 Å². The molecule has 0 bridgehead atoms. The van der Waals surface area contributed by atoms with Gasteiger partial charge in [-0.1, -0.05) is 47.1 Å². The van der Waals surface area contributed by atoms with Gasteiger partial charge in [-0.15, -0.1) is 11.6 Å². The topological polar surface area (TPSA) is 0 Å². The monoisotopic (exact) mass is 322 g/mol. The van der Waals surface area contributed by atoms with Crippen LogP contribution in [0.5, 0.6) is 0 Å². The van der Waals surface area contributed by atoms with Crippen molar-refractivity contribution in [3.63, 3.8) is 0 Å². The van der Waals surface area contributed by atoms with Gasteiger partial charge in [0.15, 0.2) is 0 Å². The van der Waals surface area contributed by atoms with Crippen molar-refractivity contribution < 1.29 is 0 Å². The van der Waals surface area contributed by atoms with Crippen molar-refractivity contribution >= 4 is 38.3 Å². The Balaban J connectivity index is 2.28. The van der Waals surface area contributed by atoms with E-state index in [2.05, 4.69) is 53.2 Å². The highest BCUT2D eigenvalue weighted by Gasteiger charge is 2.23. The Morgan fingerprint density at radius 3 is 2.72 bits per heavy atom. The lowest BCUT2D eigenvalue weighted by molar-refractivity contribution is 0.503. The summed E-state index contributed by atoms with van der Waals surface area (Å²) in [6.07, 6.45) is 3.47. The number of benzene rings is 2. The molecule has 2 aromatic rings. The fourth-order valence-corrected chi connectivity index (χ4v) is 4.05. The van der Waals surface area contributed by atoms with Gasteiger partial charge in [0.2, 0.25) is 0 Å². The molecule has 2 atom stereocenters. The summed E-state index contributed by atoms with van der Waals surface area (Å²) < 4.78 is 1.16. The van der Waals surface area contributed by atoms with Crippen LogP contribution in [0.2, 0.25) is 0 Å². The lowest BCUT2D eigenvalue weighted by Crippen LogP contribution is -1.97. The van der Waals surface area contributed by atoms with Crippen LogP contribution >= 0.6 is 27.5 Å². The van der Waals surface area contributed by atoms with Gasteiger partial charge in [-0.3, -0.25) is 0 Å². The SMILES string of the molecule is CC1CCc2c(cc(Br)c3ccccc23)C(Cl)C1. The number of aryl methyl sites for hydroxylation is 1. The van der Waals surface area contributed by atoms with Crippen LogP contribution in [0.4, 0.5) is 0 Å². The fourth-order valence-electron chi connectivity index (χ4n) is 2.96. The maximum absolute atomic E-state index is 6.60. The quantitative estimate of drug-likeness (QED) is 0.421. The van der Waals surface area contributed by atoms with Gasteiger partial charge in [0.05, 0.1) is 5.38 Å². The summed E-state index contributed by atoms with van der Waals surface area (Å²) in [5, 5.41) is 2.81. The molecule has 2 aromatic carbocycles. The fraction of sp³-hybridized carbons (Fsp3) is 0.375. The zero-order valence-corrected chi connectivity index (χ0v) is 12.8. The zero-order chi connectivity index (χ0) is 12.7. The highest BCUT2D eigenvalue weighted by atomic mass is 79.9. The van der Waals surface area contributed by atoms with Crippen molar-refractivity contribution in [1.82, 2.24) is 0 Å². The Morgan fingerprint density at radius 2 is 1.94 bits per heavy atom. The Bertz CT molecular complexity index is 591. The summed E-state index contributed by atoms with van der Waals surface area (Å²) in [6, 6.07) is 10.8. The van der Waals surface area contributed by atoms with Crippen molar-refractivity contribution in [3.8, 4) is 0 Å². The number of halogens is 2. The van der Waals surface area contributed by atoms with Crippen LogP contribution in [-0.2, 0) is 6.42 Å². The van der Waals surface area contributed by atoms with Crippen molar-refractivity contribution in [2.45, 2.75) is 31.6 Å². The lowest BCUT2D eigenvalue weighted by Gasteiger charge is -2.15. The van der Waals surface area contributed by atoms with Gasteiger partial charge in [0.25, 0.3) is 0 Å². The minimum Gasteiger partial charge on any atom is -0.118 e. The zero-order valence-electron chi connectivity index (χ0n) is 10.4. The van der Waals surface area contributed by atoms with E-state index in [0.717, 1.165) is 17.3 Å². The molecule has 0 aliphatic heterocycles. The third-order valence-corrected chi connectivity index (χ3v) is 5.04. The highest BCUT2D eigenvalue weighted by molar-refractivity contribution is 9.10. The molecule has 0 amide bonds. The number of alkyl halides is 1. The summed E-state index contributed by atoms with van der Waals surface area (Å²) in [4.78, 5) is 0. The molecule has 3 rings (SSSR count). The molecule has 0 fully saturated rings. The van der Waals surface area contributed by atoms with Gasteiger partial charge in [-0.05, 0) is 53.1 Å². The number of fused-ring (bicyclic) bond motifs is 3. The summed E-state index contributed by atoms with van der Waals surface area (Å²) in [6.45, 7) is 2.30. The second kappa shape index (κ2) is 4.86. The minimum atomic E-state index is 0.151. The maximum atomic E-state index is 6.60. The van der Waals surface area contributed by atoms with Gasteiger partial charge in [-0.2, -0.15) is 0 Å². The van der Waals surface area contributed by atoms with Crippen molar-refractivity contribution in [3.05, 3.63) is 45.9 Å². The molecular weight excluding hydrogens is 308 g/mol. The van der Waals surface area contributed by atoms with Crippen LogP contribution in [0, 0.1) is 5.92 Å². The van der Waals surface area contributed by atoms with Crippen LogP contribution in [0.3, 0.4) is 0 Å². The standard InChI is InChI=1S/C16H16BrCl/c1-10-6-7-12-11-4-2-3-5-13(11)15(17)9-14(12)16(18)8-10/h2-5,9-10,16H,6-8H2,1H3. The smallest absolute Gasteiger partial charge is 0.0591 e. The van der Waals surface area contributed by atoms with Crippen LogP contribution in [0.1, 0.15) is 36.3 Å². The predicted octanol–water partition coefficient (Wildman–Crippen LogP) is 5.85. The first kappa shape index (κ1) is 12.5. The average molecular weight is 324 g/mol. The Kier molecular flexibility index (Phi) is 3.38. The van der Waals surface area contributed by atoms with Gasteiger partial charge in [0, 0.05) is 4.47 Å². The molecule has 2 unspecified atom stereocenters. The van der Waals surface area contributed by atoms with E-state index in [-0.39, 0.29) is 5.38 Å². The van der Waals surface area contributed by atoms with Crippen molar-refractivity contribution in [2.75, 3.05) is 0 Å². The minimum absolute atomic E-state index is 0.151. The van der Waals surface area contributed by atoms with Crippen molar-refractivity contribution in [1.29, 1.82) is 0 Å². The first-order valence-corrected chi connectivity index (χ1v) is 7.74. The lowest BCUT2D eigenvalue weighted by atomic mass is 9.95. The summed E-state index contributed by atoms with van der Waals surface area (Å²) in [5.41, 5.74) is 2.78. The van der Waals surface area contributed by atoms with Crippen molar-refractivity contribution in [2.24, 2.45) is 5.92 Å². The van der Waals surface area contributed by atoms with E-state index >= 15 is 0 Å². The summed E-state index contributed by atoms with van der Waals surface area (Å²) in [7, 11) is 0. The van der Waals surface area contributed by atoms with E-state index in [1.54, 1.807) is 0 Å². The normalized spacial score (nSPS) is 23.7. The molecule has 0 heterocycles. The molecule has 0 aromatic heterocycles. The first-order valence-electron chi connectivity index (χ1n) is 6.51. The van der Waals surface area contributed by atoms with Crippen LogP contribution < -0.4 is 0 Å². The third kappa shape index (κ3) is 2.08.